The molecule has 1 fully saturated rings. The summed E-state index contributed by atoms with van der Waals surface area (Å²) in [5.74, 6) is 0.246. The number of aryl methyl sites for hydroxylation is 1. The van der Waals surface area contributed by atoms with E-state index < -0.39 is 29.8 Å². The summed E-state index contributed by atoms with van der Waals surface area (Å²) in [5.41, 5.74) is 2.18. The van der Waals surface area contributed by atoms with Crippen molar-refractivity contribution in [1.29, 1.82) is 0 Å². The zero-order chi connectivity index (χ0) is 20.5. The van der Waals surface area contributed by atoms with Crippen molar-refractivity contribution >= 4 is 0 Å². The summed E-state index contributed by atoms with van der Waals surface area (Å²) in [6.07, 6.45) is -1.90. The molecule has 28 heavy (non-hydrogen) atoms. The van der Waals surface area contributed by atoms with E-state index in [1.807, 2.05) is 38.1 Å². The third-order valence-corrected chi connectivity index (χ3v) is 5.61. The van der Waals surface area contributed by atoms with E-state index in [0.29, 0.717) is 12.2 Å². The Balaban J connectivity index is 1.92. The lowest BCUT2D eigenvalue weighted by Gasteiger charge is -2.45. The van der Waals surface area contributed by atoms with Crippen molar-refractivity contribution in [3.63, 3.8) is 0 Å². The number of ether oxygens (including phenoxy) is 1. The van der Waals surface area contributed by atoms with Crippen LogP contribution in [0.2, 0.25) is 0 Å². The minimum atomic E-state index is -1.27. The molecule has 0 heterocycles. The number of hydrogen-bond acceptors (Lipinski definition) is 4. The van der Waals surface area contributed by atoms with Gasteiger partial charge in [-0.25, -0.2) is 4.39 Å². The molecule has 0 amide bonds. The lowest BCUT2D eigenvalue weighted by molar-refractivity contribution is -0.174. The molecule has 1 aliphatic rings. The fourth-order valence-corrected chi connectivity index (χ4v) is 3.96. The predicted molar refractivity (Wildman–Crippen MR) is 107 cm³/mol. The molecule has 1 saturated carbocycles. The first-order chi connectivity index (χ1) is 13.2. The van der Waals surface area contributed by atoms with Crippen LogP contribution in [0.4, 0.5) is 4.39 Å². The van der Waals surface area contributed by atoms with Gasteiger partial charge in [0.05, 0.1) is 6.10 Å². The SMILES string of the molecule is CCCc1ccc(O[C@@H]2CC(C)(C)[C@H](O)[C@@H](O)[C@H]2O)cc1-c1cccc(F)c1. The van der Waals surface area contributed by atoms with E-state index in [9.17, 15) is 19.7 Å². The highest BCUT2D eigenvalue weighted by Gasteiger charge is 2.48. The largest absolute Gasteiger partial charge is 0.488 e. The zero-order valence-electron chi connectivity index (χ0n) is 16.6. The van der Waals surface area contributed by atoms with Gasteiger partial charge in [0, 0.05) is 0 Å². The van der Waals surface area contributed by atoms with Crippen LogP contribution in [0.1, 0.15) is 39.2 Å². The number of aliphatic hydroxyl groups excluding tert-OH is 3. The van der Waals surface area contributed by atoms with Gasteiger partial charge < -0.3 is 20.1 Å². The molecular weight excluding hydrogens is 359 g/mol. The molecule has 2 aromatic rings. The molecule has 4 nitrogen and oxygen atoms in total. The quantitative estimate of drug-likeness (QED) is 0.730. The van der Waals surface area contributed by atoms with Crippen molar-refractivity contribution in [2.45, 2.75) is 64.4 Å². The summed E-state index contributed by atoms with van der Waals surface area (Å²) in [7, 11) is 0. The topological polar surface area (TPSA) is 69.9 Å². The molecule has 1 aliphatic carbocycles. The van der Waals surface area contributed by atoms with E-state index in [0.717, 1.165) is 29.5 Å². The maximum atomic E-state index is 13.7. The predicted octanol–water partition coefficient (Wildman–Crippen LogP) is 3.71. The molecule has 152 valence electrons. The van der Waals surface area contributed by atoms with E-state index in [4.69, 9.17) is 4.74 Å². The third kappa shape index (κ3) is 4.22. The zero-order valence-corrected chi connectivity index (χ0v) is 16.6. The van der Waals surface area contributed by atoms with Crippen LogP contribution in [-0.2, 0) is 6.42 Å². The molecule has 3 rings (SSSR count). The van der Waals surface area contributed by atoms with E-state index in [1.165, 1.54) is 12.1 Å². The van der Waals surface area contributed by atoms with E-state index in [-0.39, 0.29) is 5.82 Å². The minimum Gasteiger partial charge on any atom is -0.488 e. The van der Waals surface area contributed by atoms with Crippen LogP contribution in [-0.4, -0.2) is 39.7 Å². The van der Waals surface area contributed by atoms with Crippen molar-refractivity contribution < 1.29 is 24.4 Å². The van der Waals surface area contributed by atoms with Gasteiger partial charge in [-0.1, -0.05) is 45.4 Å². The lowest BCUT2D eigenvalue weighted by atomic mass is 9.71. The Morgan fingerprint density at radius 1 is 1.07 bits per heavy atom. The van der Waals surface area contributed by atoms with Crippen LogP contribution in [0.25, 0.3) is 11.1 Å². The average Bonchev–Trinajstić information content (AvgIpc) is 2.66. The smallest absolute Gasteiger partial charge is 0.128 e. The van der Waals surface area contributed by atoms with Gasteiger partial charge in [-0.2, -0.15) is 0 Å². The van der Waals surface area contributed by atoms with Gasteiger partial charge >= 0.3 is 0 Å². The Morgan fingerprint density at radius 3 is 2.50 bits per heavy atom. The second-order valence-corrected chi connectivity index (χ2v) is 8.35. The normalized spacial score (nSPS) is 26.8. The summed E-state index contributed by atoms with van der Waals surface area (Å²) in [6, 6.07) is 12.1. The molecule has 3 N–H and O–H groups in total. The van der Waals surface area contributed by atoms with Gasteiger partial charge in [0.2, 0.25) is 0 Å². The Hall–Kier alpha value is -1.95. The first-order valence-corrected chi connectivity index (χ1v) is 9.82. The van der Waals surface area contributed by atoms with E-state index in [2.05, 4.69) is 6.92 Å². The fraction of sp³-hybridized carbons (Fsp3) is 0.478. The van der Waals surface area contributed by atoms with Crippen LogP contribution in [0.15, 0.2) is 42.5 Å². The summed E-state index contributed by atoms with van der Waals surface area (Å²) in [4.78, 5) is 0. The molecule has 0 unspecified atom stereocenters. The second-order valence-electron chi connectivity index (χ2n) is 8.35. The lowest BCUT2D eigenvalue weighted by Crippen LogP contribution is -2.58. The Morgan fingerprint density at radius 2 is 1.82 bits per heavy atom. The van der Waals surface area contributed by atoms with Gasteiger partial charge in [0.15, 0.2) is 0 Å². The maximum absolute atomic E-state index is 13.7. The summed E-state index contributed by atoms with van der Waals surface area (Å²) in [5, 5.41) is 30.7. The standard InChI is InChI=1S/C23H29FO4/c1-4-6-14-9-10-17(12-18(14)15-7-5-8-16(24)11-15)28-19-13-23(2,3)22(27)21(26)20(19)25/h5,7-12,19-22,25-27H,4,6,13H2,1-3H3/t19-,20+,21+,22-/m1/s1. The van der Waals surface area contributed by atoms with E-state index in [1.54, 1.807) is 6.07 Å². The Labute approximate surface area is 165 Å². The van der Waals surface area contributed by atoms with E-state index >= 15 is 0 Å². The van der Waals surface area contributed by atoms with Crippen molar-refractivity contribution in [2.24, 2.45) is 5.41 Å². The number of halogens is 1. The average molecular weight is 388 g/mol. The molecule has 2 aromatic carbocycles. The first kappa shape index (κ1) is 20.8. The van der Waals surface area contributed by atoms with Gasteiger partial charge in [-0.15, -0.1) is 0 Å². The molecule has 0 aliphatic heterocycles. The molecule has 0 bridgehead atoms. The summed E-state index contributed by atoms with van der Waals surface area (Å²) >= 11 is 0. The van der Waals surface area contributed by atoms with Crippen LogP contribution in [0.5, 0.6) is 5.75 Å². The second kappa shape index (κ2) is 8.19. The van der Waals surface area contributed by atoms with Gasteiger partial charge in [-0.05, 0) is 59.2 Å². The van der Waals surface area contributed by atoms with Gasteiger partial charge in [0.25, 0.3) is 0 Å². The van der Waals surface area contributed by atoms with Gasteiger partial charge in [-0.3, -0.25) is 0 Å². The minimum absolute atomic E-state index is 0.298. The van der Waals surface area contributed by atoms with Crippen molar-refractivity contribution in [3.05, 3.63) is 53.8 Å². The molecule has 0 radical (unpaired) electrons. The number of rotatable bonds is 5. The van der Waals surface area contributed by atoms with Crippen LogP contribution >= 0.6 is 0 Å². The van der Waals surface area contributed by atoms with Crippen LogP contribution < -0.4 is 4.74 Å². The summed E-state index contributed by atoms with van der Waals surface area (Å²) in [6.45, 7) is 5.77. The first-order valence-electron chi connectivity index (χ1n) is 9.82. The highest BCUT2D eigenvalue weighted by molar-refractivity contribution is 5.69. The molecule has 0 aromatic heterocycles. The van der Waals surface area contributed by atoms with Crippen molar-refractivity contribution in [1.82, 2.24) is 0 Å². The summed E-state index contributed by atoms with van der Waals surface area (Å²) < 4.78 is 19.8. The molecular formula is C23H29FO4. The van der Waals surface area contributed by atoms with Crippen molar-refractivity contribution in [3.8, 4) is 16.9 Å². The molecule has 4 atom stereocenters. The van der Waals surface area contributed by atoms with Crippen LogP contribution in [0, 0.1) is 11.2 Å². The number of hydrogen-bond donors (Lipinski definition) is 3. The molecule has 0 spiro atoms. The number of benzene rings is 2. The molecule has 5 heteroatoms. The Bertz CT molecular complexity index is 820. The highest BCUT2D eigenvalue weighted by atomic mass is 19.1. The highest BCUT2D eigenvalue weighted by Crippen LogP contribution is 2.38. The fourth-order valence-electron chi connectivity index (χ4n) is 3.96. The third-order valence-electron chi connectivity index (χ3n) is 5.61. The number of aliphatic hydroxyl groups is 3. The Kier molecular flexibility index (Phi) is 6.08. The van der Waals surface area contributed by atoms with Crippen LogP contribution in [0.3, 0.4) is 0 Å². The maximum Gasteiger partial charge on any atom is 0.128 e. The monoisotopic (exact) mass is 388 g/mol. The van der Waals surface area contributed by atoms with Crippen molar-refractivity contribution in [2.75, 3.05) is 0 Å². The molecule has 0 saturated heterocycles. The van der Waals surface area contributed by atoms with Gasteiger partial charge in [0.1, 0.15) is 29.9 Å².